The van der Waals surface area contributed by atoms with Gasteiger partial charge in [0.2, 0.25) is 5.91 Å². The van der Waals surface area contributed by atoms with Crippen LogP contribution in [-0.4, -0.2) is 57.5 Å². The predicted octanol–water partition coefficient (Wildman–Crippen LogP) is 0.221. The van der Waals surface area contributed by atoms with Gasteiger partial charge in [-0.1, -0.05) is 6.92 Å². The average molecular weight is 281 g/mol. The summed E-state index contributed by atoms with van der Waals surface area (Å²) in [6.45, 7) is 3.05. The number of aromatic nitrogens is 2. The van der Waals surface area contributed by atoms with E-state index in [1.807, 2.05) is 6.92 Å². The molecular weight excluding hydrogens is 262 g/mol. The van der Waals surface area contributed by atoms with Crippen molar-refractivity contribution in [2.45, 2.75) is 25.9 Å². The minimum atomic E-state index is -0.916. The number of aliphatic carboxylic acids is 1. The zero-order chi connectivity index (χ0) is 14.5. The van der Waals surface area contributed by atoms with E-state index in [1.54, 1.807) is 23.4 Å². The summed E-state index contributed by atoms with van der Waals surface area (Å²) in [5.74, 6) is -1.69. The highest BCUT2D eigenvalue weighted by Gasteiger charge is 2.39. The van der Waals surface area contributed by atoms with Crippen molar-refractivity contribution in [2.75, 3.05) is 19.8 Å². The van der Waals surface area contributed by atoms with Crippen molar-refractivity contribution in [1.29, 1.82) is 0 Å². The number of ether oxygens (including phenoxy) is 1. The quantitative estimate of drug-likeness (QED) is 0.806. The molecule has 0 aliphatic carbocycles. The van der Waals surface area contributed by atoms with Crippen LogP contribution in [0.1, 0.15) is 13.3 Å². The summed E-state index contributed by atoms with van der Waals surface area (Å²) in [6, 6.07) is 1.35. The normalized spacial score (nSPS) is 21.9. The monoisotopic (exact) mass is 281 g/mol. The fourth-order valence-corrected chi connectivity index (χ4v) is 2.43. The van der Waals surface area contributed by atoms with Crippen molar-refractivity contribution in [1.82, 2.24) is 14.7 Å². The highest BCUT2D eigenvalue weighted by molar-refractivity contribution is 5.78. The zero-order valence-corrected chi connectivity index (χ0v) is 11.4. The van der Waals surface area contributed by atoms with Gasteiger partial charge < -0.3 is 14.7 Å². The second kappa shape index (κ2) is 6.51. The Morgan fingerprint density at radius 1 is 1.50 bits per heavy atom. The minimum absolute atomic E-state index is 0.121. The molecule has 1 amide bonds. The predicted molar refractivity (Wildman–Crippen MR) is 70.0 cm³/mol. The Bertz CT molecular complexity index is 460. The minimum Gasteiger partial charge on any atom is -0.481 e. The maximum atomic E-state index is 12.4. The van der Waals surface area contributed by atoms with Gasteiger partial charge in [0.25, 0.3) is 0 Å². The lowest BCUT2D eigenvalue weighted by molar-refractivity contribution is -0.145. The van der Waals surface area contributed by atoms with Crippen molar-refractivity contribution in [3.8, 4) is 0 Å². The molecule has 0 bridgehead atoms. The number of carboxylic acid groups (broad SMARTS) is 1. The number of carboxylic acids is 1. The van der Waals surface area contributed by atoms with Gasteiger partial charge in [0.05, 0.1) is 19.3 Å². The summed E-state index contributed by atoms with van der Waals surface area (Å²) < 4.78 is 6.78. The number of amides is 1. The van der Waals surface area contributed by atoms with Crippen LogP contribution in [0.4, 0.5) is 0 Å². The number of nitrogens with zero attached hydrogens (tertiary/aromatic N) is 3. The first kappa shape index (κ1) is 14.5. The molecule has 0 radical (unpaired) electrons. The Morgan fingerprint density at radius 3 is 2.90 bits per heavy atom. The largest absolute Gasteiger partial charge is 0.481 e. The maximum absolute atomic E-state index is 12.4. The van der Waals surface area contributed by atoms with E-state index in [0.29, 0.717) is 6.54 Å². The lowest BCUT2D eigenvalue weighted by Crippen LogP contribution is -2.48. The molecule has 2 atom stereocenters. The van der Waals surface area contributed by atoms with Crippen LogP contribution in [0.15, 0.2) is 18.5 Å². The van der Waals surface area contributed by atoms with Crippen molar-refractivity contribution in [3.63, 3.8) is 0 Å². The van der Waals surface area contributed by atoms with E-state index in [0.717, 1.165) is 6.42 Å². The summed E-state index contributed by atoms with van der Waals surface area (Å²) in [7, 11) is 0. The van der Waals surface area contributed by atoms with Crippen LogP contribution in [0, 0.1) is 5.92 Å². The lowest BCUT2D eigenvalue weighted by atomic mass is 10.0. The van der Waals surface area contributed by atoms with Crippen molar-refractivity contribution in [3.05, 3.63) is 18.5 Å². The Balaban J connectivity index is 2.09. The van der Waals surface area contributed by atoms with E-state index in [9.17, 15) is 14.7 Å². The van der Waals surface area contributed by atoms with Gasteiger partial charge in [-0.25, -0.2) is 0 Å². The van der Waals surface area contributed by atoms with Gasteiger partial charge in [-0.2, -0.15) is 5.10 Å². The van der Waals surface area contributed by atoms with Gasteiger partial charge in [0, 0.05) is 18.9 Å². The molecule has 1 aromatic rings. The van der Waals surface area contributed by atoms with Crippen molar-refractivity contribution < 1.29 is 19.4 Å². The Hall–Kier alpha value is -1.89. The van der Waals surface area contributed by atoms with Gasteiger partial charge in [-0.15, -0.1) is 0 Å². The molecule has 2 heterocycles. The SMILES string of the molecule is CCCN(C(=O)Cn1cccn1)C1COCC1C(=O)O. The first-order valence-corrected chi connectivity index (χ1v) is 6.71. The molecule has 1 aromatic heterocycles. The van der Waals surface area contributed by atoms with Crippen LogP contribution < -0.4 is 0 Å². The van der Waals surface area contributed by atoms with Crippen LogP contribution in [0.2, 0.25) is 0 Å². The number of carbonyl (C=O) groups excluding carboxylic acids is 1. The topological polar surface area (TPSA) is 84.7 Å². The highest BCUT2D eigenvalue weighted by atomic mass is 16.5. The average Bonchev–Trinajstić information content (AvgIpc) is 3.06. The third-order valence-electron chi connectivity index (χ3n) is 3.41. The number of rotatable bonds is 6. The van der Waals surface area contributed by atoms with Gasteiger partial charge in [-0.3, -0.25) is 14.3 Å². The molecule has 1 aliphatic heterocycles. The number of hydrogen-bond acceptors (Lipinski definition) is 4. The zero-order valence-electron chi connectivity index (χ0n) is 11.4. The molecule has 2 rings (SSSR count). The van der Waals surface area contributed by atoms with Crippen LogP contribution in [0.5, 0.6) is 0 Å². The Labute approximate surface area is 117 Å². The standard InChI is InChI=1S/C13H19N3O4/c1-2-5-16(11-9-20-8-10(11)13(18)19)12(17)7-15-6-3-4-14-15/h3-4,6,10-11H,2,5,7-9H2,1H3,(H,18,19). The van der Waals surface area contributed by atoms with Gasteiger partial charge >= 0.3 is 5.97 Å². The summed E-state index contributed by atoms with van der Waals surface area (Å²) in [5, 5.41) is 13.2. The van der Waals surface area contributed by atoms with Crippen LogP contribution in [-0.2, 0) is 20.9 Å². The van der Waals surface area contributed by atoms with E-state index in [1.165, 1.54) is 4.68 Å². The van der Waals surface area contributed by atoms with Gasteiger partial charge in [0.1, 0.15) is 12.5 Å². The number of carbonyl (C=O) groups is 2. The molecule has 2 unspecified atom stereocenters. The lowest BCUT2D eigenvalue weighted by Gasteiger charge is -2.30. The third kappa shape index (κ3) is 3.16. The fourth-order valence-electron chi connectivity index (χ4n) is 2.43. The first-order chi connectivity index (χ1) is 9.63. The summed E-state index contributed by atoms with van der Waals surface area (Å²) >= 11 is 0. The van der Waals surface area contributed by atoms with E-state index in [-0.39, 0.29) is 25.7 Å². The summed E-state index contributed by atoms with van der Waals surface area (Å²) in [4.78, 5) is 25.2. The molecule has 7 heteroatoms. The summed E-state index contributed by atoms with van der Waals surface area (Å²) in [5.41, 5.74) is 0. The summed E-state index contributed by atoms with van der Waals surface area (Å²) in [6.07, 6.45) is 4.09. The van der Waals surface area contributed by atoms with E-state index >= 15 is 0 Å². The number of hydrogen-bond donors (Lipinski definition) is 1. The van der Waals surface area contributed by atoms with E-state index < -0.39 is 17.9 Å². The second-order valence-electron chi connectivity index (χ2n) is 4.84. The van der Waals surface area contributed by atoms with Crippen LogP contribution in [0.3, 0.4) is 0 Å². The third-order valence-corrected chi connectivity index (χ3v) is 3.41. The first-order valence-electron chi connectivity index (χ1n) is 6.71. The van der Waals surface area contributed by atoms with Crippen LogP contribution >= 0.6 is 0 Å². The molecule has 7 nitrogen and oxygen atoms in total. The molecule has 0 spiro atoms. The maximum Gasteiger partial charge on any atom is 0.311 e. The molecular formula is C13H19N3O4. The molecule has 110 valence electrons. The molecule has 1 fully saturated rings. The highest BCUT2D eigenvalue weighted by Crippen LogP contribution is 2.21. The fraction of sp³-hybridized carbons (Fsp3) is 0.615. The van der Waals surface area contributed by atoms with E-state index in [2.05, 4.69) is 5.10 Å². The molecule has 1 saturated heterocycles. The Morgan fingerprint density at radius 2 is 2.30 bits per heavy atom. The second-order valence-corrected chi connectivity index (χ2v) is 4.84. The van der Waals surface area contributed by atoms with Gasteiger partial charge in [0.15, 0.2) is 0 Å². The van der Waals surface area contributed by atoms with Gasteiger partial charge in [-0.05, 0) is 12.5 Å². The molecule has 0 saturated carbocycles. The smallest absolute Gasteiger partial charge is 0.311 e. The van der Waals surface area contributed by atoms with Crippen LogP contribution in [0.25, 0.3) is 0 Å². The van der Waals surface area contributed by atoms with Crippen molar-refractivity contribution >= 4 is 11.9 Å². The van der Waals surface area contributed by atoms with Crippen molar-refractivity contribution in [2.24, 2.45) is 5.92 Å². The Kier molecular flexibility index (Phi) is 4.73. The molecule has 0 aromatic carbocycles. The molecule has 1 aliphatic rings. The molecule has 20 heavy (non-hydrogen) atoms. The molecule has 1 N–H and O–H groups in total. The van der Waals surface area contributed by atoms with E-state index in [4.69, 9.17) is 4.74 Å².